The van der Waals surface area contributed by atoms with Crippen molar-refractivity contribution < 1.29 is 26.4 Å². The maximum Gasteiger partial charge on any atom is 0.303 e. The van der Waals surface area contributed by atoms with E-state index in [-0.39, 0.29) is 23.2 Å². The van der Waals surface area contributed by atoms with E-state index in [0.717, 1.165) is 19.1 Å². The summed E-state index contributed by atoms with van der Waals surface area (Å²) in [5.74, 6) is -0.752. The first kappa shape index (κ1) is 16.7. The van der Waals surface area contributed by atoms with E-state index in [1.807, 2.05) is 0 Å². The van der Waals surface area contributed by atoms with Gasteiger partial charge in [-0.2, -0.15) is 8.42 Å². The molecule has 1 aliphatic rings. The summed E-state index contributed by atoms with van der Waals surface area (Å²) >= 11 is 5.79. The quantitative estimate of drug-likeness (QED) is 0.718. The van der Waals surface area contributed by atoms with Gasteiger partial charge in [0.15, 0.2) is 5.84 Å². The third-order valence-electron chi connectivity index (χ3n) is 2.54. The maximum atomic E-state index is 12.1. The van der Waals surface area contributed by atoms with Crippen LogP contribution in [0.15, 0.2) is 26.3 Å². The van der Waals surface area contributed by atoms with Crippen LogP contribution in [0.25, 0.3) is 0 Å². The Morgan fingerprint density at radius 1 is 1.45 bits per heavy atom. The van der Waals surface area contributed by atoms with Crippen molar-refractivity contribution in [2.45, 2.75) is 16.7 Å². The fourth-order valence-electron chi connectivity index (χ4n) is 1.67. The molecule has 9 nitrogen and oxygen atoms in total. The van der Waals surface area contributed by atoms with Crippen molar-refractivity contribution in [2.75, 3.05) is 11.9 Å². The van der Waals surface area contributed by atoms with Gasteiger partial charge in [0.1, 0.15) is 16.4 Å². The molecule has 0 saturated heterocycles. The zero-order valence-electron chi connectivity index (χ0n) is 11.0. The SMILES string of the molecule is CC(=O)OCC1=NS(=O)(=O)c2cc(S(N)(=O)=O)c(Cl)cc2N1. The molecule has 1 aromatic rings. The number of carbonyl (C=O) groups excluding carboxylic acids is 1. The minimum atomic E-state index is -4.19. The van der Waals surface area contributed by atoms with Crippen LogP contribution >= 0.6 is 11.6 Å². The Hall–Kier alpha value is -1.69. The van der Waals surface area contributed by atoms with Gasteiger partial charge in [-0.3, -0.25) is 4.79 Å². The molecule has 1 aliphatic heterocycles. The predicted octanol–water partition coefficient (Wildman–Crippen LogP) is 0.0632. The third-order valence-corrected chi connectivity index (χ3v) is 5.27. The van der Waals surface area contributed by atoms with Crippen molar-refractivity contribution in [3.05, 3.63) is 17.2 Å². The number of ether oxygens (including phenoxy) is 1. The molecular formula is C10H10ClN3O6S2. The number of carbonyl (C=O) groups is 1. The van der Waals surface area contributed by atoms with E-state index in [4.69, 9.17) is 16.7 Å². The van der Waals surface area contributed by atoms with E-state index >= 15 is 0 Å². The Balaban J connectivity index is 2.53. The molecule has 0 atom stereocenters. The van der Waals surface area contributed by atoms with Crippen LogP contribution in [-0.4, -0.2) is 35.2 Å². The van der Waals surface area contributed by atoms with Gasteiger partial charge in [-0.15, -0.1) is 4.40 Å². The van der Waals surface area contributed by atoms with E-state index in [2.05, 4.69) is 14.5 Å². The average molecular weight is 368 g/mol. The molecule has 0 aromatic heterocycles. The highest BCUT2D eigenvalue weighted by molar-refractivity contribution is 7.91. The Morgan fingerprint density at radius 3 is 2.64 bits per heavy atom. The zero-order chi connectivity index (χ0) is 16.7. The number of nitrogens with zero attached hydrogens (tertiary/aromatic N) is 1. The van der Waals surface area contributed by atoms with Gasteiger partial charge in [0.25, 0.3) is 10.0 Å². The summed E-state index contributed by atoms with van der Waals surface area (Å²) in [6.07, 6.45) is 0. The molecule has 1 heterocycles. The summed E-state index contributed by atoms with van der Waals surface area (Å²) in [7, 11) is -8.38. The average Bonchev–Trinajstić information content (AvgIpc) is 2.33. The number of hydrogen-bond donors (Lipinski definition) is 2. The van der Waals surface area contributed by atoms with Crippen LogP contribution in [0.1, 0.15) is 6.92 Å². The van der Waals surface area contributed by atoms with Gasteiger partial charge in [0, 0.05) is 6.92 Å². The van der Waals surface area contributed by atoms with Gasteiger partial charge >= 0.3 is 5.97 Å². The summed E-state index contributed by atoms with van der Waals surface area (Å²) in [6, 6.07) is 1.91. The molecule has 0 spiro atoms. The lowest BCUT2D eigenvalue weighted by molar-refractivity contribution is -0.139. The summed E-state index contributed by atoms with van der Waals surface area (Å²) < 4.78 is 55.0. The maximum absolute atomic E-state index is 12.1. The van der Waals surface area contributed by atoms with E-state index in [1.54, 1.807) is 0 Å². The zero-order valence-corrected chi connectivity index (χ0v) is 13.4. The number of esters is 1. The van der Waals surface area contributed by atoms with Crippen molar-refractivity contribution >= 4 is 49.1 Å². The Morgan fingerprint density at radius 2 is 2.09 bits per heavy atom. The number of anilines is 1. The molecule has 1 aromatic carbocycles. The van der Waals surface area contributed by atoms with E-state index in [0.29, 0.717) is 0 Å². The van der Waals surface area contributed by atoms with Crippen molar-refractivity contribution in [3.8, 4) is 0 Å². The van der Waals surface area contributed by atoms with Crippen LogP contribution < -0.4 is 10.5 Å². The molecule has 0 aliphatic carbocycles. The van der Waals surface area contributed by atoms with Gasteiger partial charge < -0.3 is 10.1 Å². The fraction of sp³-hybridized carbons (Fsp3) is 0.200. The van der Waals surface area contributed by atoms with Crippen LogP contribution in [0.2, 0.25) is 5.02 Å². The smallest absolute Gasteiger partial charge is 0.303 e. The number of fused-ring (bicyclic) bond motifs is 1. The monoisotopic (exact) mass is 367 g/mol. The standard InChI is InChI=1S/C10H10ClN3O6S2/c1-5(15)20-4-10-13-7-2-6(11)8(21(12,16)17)3-9(7)22(18,19)14-10/h2-3H,4H2,1H3,(H,13,14)(H2,12,16,17). The number of sulfonamides is 2. The van der Waals surface area contributed by atoms with Crippen molar-refractivity contribution in [1.29, 1.82) is 0 Å². The number of nitrogens with two attached hydrogens (primary N) is 1. The lowest BCUT2D eigenvalue weighted by Gasteiger charge is -2.19. The van der Waals surface area contributed by atoms with E-state index in [1.165, 1.54) is 0 Å². The number of amidine groups is 1. The Bertz CT molecular complexity index is 891. The summed E-state index contributed by atoms with van der Waals surface area (Å²) in [4.78, 5) is 9.82. The predicted molar refractivity (Wildman–Crippen MR) is 77.7 cm³/mol. The molecule has 0 amide bonds. The lowest BCUT2D eigenvalue weighted by atomic mass is 10.3. The highest BCUT2D eigenvalue weighted by Crippen LogP contribution is 2.34. The molecule has 0 saturated carbocycles. The summed E-state index contributed by atoms with van der Waals surface area (Å²) in [5, 5.41) is 7.32. The third kappa shape index (κ3) is 3.38. The van der Waals surface area contributed by atoms with E-state index in [9.17, 15) is 21.6 Å². The molecule has 12 heteroatoms. The number of nitrogens with one attached hydrogen (secondary N) is 1. The fourth-order valence-corrected chi connectivity index (χ4v) is 3.98. The van der Waals surface area contributed by atoms with Crippen molar-refractivity contribution in [3.63, 3.8) is 0 Å². The largest absolute Gasteiger partial charge is 0.458 e. The lowest BCUT2D eigenvalue weighted by Crippen LogP contribution is -2.27. The molecule has 0 unspecified atom stereocenters. The number of primary sulfonamides is 1. The summed E-state index contributed by atoms with van der Waals surface area (Å²) in [6.45, 7) is 0.768. The van der Waals surface area contributed by atoms with Crippen molar-refractivity contribution in [1.82, 2.24) is 0 Å². The molecule has 22 heavy (non-hydrogen) atoms. The molecule has 3 N–H and O–H groups in total. The van der Waals surface area contributed by atoms with Crippen LogP contribution in [-0.2, 0) is 29.6 Å². The Labute approximate surface area is 131 Å². The van der Waals surface area contributed by atoms with Crippen LogP contribution in [0.5, 0.6) is 0 Å². The first-order valence-corrected chi connectivity index (χ1v) is 8.98. The first-order chi connectivity index (χ1) is 10.0. The molecule has 0 fully saturated rings. The second-order valence-corrected chi connectivity index (χ2v) is 7.75. The first-order valence-electron chi connectivity index (χ1n) is 5.61. The topological polar surface area (TPSA) is 145 Å². The van der Waals surface area contributed by atoms with Gasteiger partial charge in [0.05, 0.1) is 10.7 Å². The molecule has 0 bridgehead atoms. The molecule has 0 radical (unpaired) electrons. The van der Waals surface area contributed by atoms with Crippen molar-refractivity contribution in [2.24, 2.45) is 9.54 Å². The number of benzene rings is 1. The van der Waals surface area contributed by atoms with Crippen LogP contribution in [0, 0.1) is 0 Å². The second kappa shape index (κ2) is 5.50. The van der Waals surface area contributed by atoms with Gasteiger partial charge in [-0.25, -0.2) is 13.6 Å². The van der Waals surface area contributed by atoms with Gasteiger partial charge in [-0.1, -0.05) is 11.6 Å². The van der Waals surface area contributed by atoms with Gasteiger partial charge in [-0.05, 0) is 12.1 Å². The molecule has 2 rings (SSSR count). The Kier molecular flexibility index (Phi) is 4.17. The van der Waals surface area contributed by atoms with Gasteiger partial charge in [0.2, 0.25) is 10.0 Å². The molecular weight excluding hydrogens is 358 g/mol. The van der Waals surface area contributed by atoms with Crippen LogP contribution in [0.3, 0.4) is 0 Å². The summed E-state index contributed by atoms with van der Waals surface area (Å²) in [5.41, 5.74) is 0.00884. The van der Waals surface area contributed by atoms with Crippen LogP contribution in [0.4, 0.5) is 5.69 Å². The highest BCUT2D eigenvalue weighted by Gasteiger charge is 2.29. The minimum Gasteiger partial charge on any atom is -0.458 e. The second-order valence-electron chi connectivity index (χ2n) is 4.24. The number of rotatable bonds is 3. The van der Waals surface area contributed by atoms with E-state index < -0.39 is 35.8 Å². The molecule has 120 valence electrons. The number of hydrogen-bond acceptors (Lipinski definition) is 7. The highest BCUT2D eigenvalue weighted by atomic mass is 35.5. The number of halogens is 1. The normalized spacial score (nSPS) is 16.2. The minimum absolute atomic E-state index is 0.00884.